The summed E-state index contributed by atoms with van der Waals surface area (Å²) in [4.78, 5) is 23.4. The first-order valence-corrected chi connectivity index (χ1v) is 9.00. The predicted octanol–water partition coefficient (Wildman–Crippen LogP) is 0.438. The molecule has 1 amide bonds. The van der Waals surface area contributed by atoms with Gasteiger partial charge in [-0.05, 0) is 25.8 Å². The number of amides is 1. The van der Waals surface area contributed by atoms with Gasteiger partial charge in [-0.1, -0.05) is 0 Å². The summed E-state index contributed by atoms with van der Waals surface area (Å²) in [6, 6.07) is 1.71. The number of aryl methyl sites for hydroxylation is 1. The quantitative estimate of drug-likeness (QED) is 0.738. The summed E-state index contributed by atoms with van der Waals surface area (Å²) in [5, 5.41) is 6.11. The predicted molar refractivity (Wildman–Crippen MR) is 93.8 cm³/mol. The Labute approximate surface area is 148 Å². The molecule has 138 valence electrons. The maximum Gasteiger partial charge on any atom is 0.270 e. The van der Waals surface area contributed by atoms with Crippen molar-refractivity contribution in [2.45, 2.75) is 25.9 Å². The average Bonchev–Trinajstić information content (AvgIpc) is 3.14. The lowest BCUT2D eigenvalue weighted by atomic mass is 10.2. The van der Waals surface area contributed by atoms with Crippen LogP contribution in [0.5, 0.6) is 0 Å². The molecule has 1 aromatic heterocycles. The number of aromatic nitrogens is 2. The van der Waals surface area contributed by atoms with Crippen molar-refractivity contribution in [2.75, 3.05) is 57.9 Å². The Bertz CT molecular complexity index is 571. The summed E-state index contributed by atoms with van der Waals surface area (Å²) in [5.41, 5.74) is 1.16. The highest BCUT2D eigenvalue weighted by Gasteiger charge is 2.18. The lowest BCUT2D eigenvalue weighted by molar-refractivity contribution is 0.0398. The summed E-state index contributed by atoms with van der Waals surface area (Å²) in [5.74, 6) is 0.313. The fourth-order valence-electron chi connectivity index (χ4n) is 3.02. The number of rotatable bonds is 7. The molecule has 0 saturated carbocycles. The Morgan fingerprint density at radius 3 is 2.92 bits per heavy atom. The number of anilines is 1. The summed E-state index contributed by atoms with van der Waals surface area (Å²) >= 11 is 0. The number of hydrogen-bond acceptors (Lipinski definition) is 7. The Balaban J connectivity index is 1.49. The van der Waals surface area contributed by atoms with E-state index >= 15 is 0 Å². The molecule has 3 rings (SSSR count). The van der Waals surface area contributed by atoms with Gasteiger partial charge in [0.05, 0.1) is 19.3 Å². The number of hydrogen-bond donors (Lipinski definition) is 2. The number of nitrogens with zero attached hydrogens (tertiary/aromatic N) is 3. The summed E-state index contributed by atoms with van der Waals surface area (Å²) < 4.78 is 10.9. The van der Waals surface area contributed by atoms with Crippen LogP contribution >= 0.6 is 0 Å². The first-order chi connectivity index (χ1) is 12.2. The summed E-state index contributed by atoms with van der Waals surface area (Å²) in [7, 11) is 0. The molecule has 2 aliphatic rings. The molecule has 8 nitrogen and oxygen atoms in total. The van der Waals surface area contributed by atoms with E-state index in [1.165, 1.54) is 0 Å². The van der Waals surface area contributed by atoms with E-state index in [9.17, 15) is 4.79 Å². The Kier molecular flexibility index (Phi) is 6.55. The second-order valence-electron chi connectivity index (χ2n) is 6.44. The normalized spacial score (nSPS) is 21.2. The Morgan fingerprint density at radius 1 is 1.32 bits per heavy atom. The van der Waals surface area contributed by atoms with Crippen LogP contribution < -0.4 is 10.6 Å². The summed E-state index contributed by atoms with van der Waals surface area (Å²) in [6.45, 7) is 8.30. The van der Waals surface area contributed by atoms with Crippen molar-refractivity contribution in [3.63, 3.8) is 0 Å². The molecular formula is C17H27N5O3. The molecular weight excluding hydrogens is 322 g/mol. The lowest BCUT2D eigenvalue weighted by Gasteiger charge is -2.26. The van der Waals surface area contributed by atoms with E-state index in [2.05, 4.69) is 25.5 Å². The molecule has 3 heterocycles. The van der Waals surface area contributed by atoms with E-state index in [1.54, 1.807) is 6.07 Å². The van der Waals surface area contributed by atoms with Gasteiger partial charge in [-0.15, -0.1) is 0 Å². The molecule has 2 aliphatic heterocycles. The van der Waals surface area contributed by atoms with Crippen LogP contribution in [0.2, 0.25) is 0 Å². The Hall–Kier alpha value is -1.77. The highest BCUT2D eigenvalue weighted by Crippen LogP contribution is 2.11. The third kappa shape index (κ3) is 5.62. The van der Waals surface area contributed by atoms with E-state index in [0.29, 0.717) is 18.2 Å². The molecule has 1 unspecified atom stereocenters. The number of ether oxygens (including phenoxy) is 2. The Morgan fingerprint density at radius 2 is 2.16 bits per heavy atom. The van der Waals surface area contributed by atoms with Crippen LogP contribution in [-0.2, 0) is 9.47 Å². The van der Waals surface area contributed by atoms with Gasteiger partial charge in [-0.25, -0.2) is 9.97 Å². The van der Waals surface area contributed by atoms with Crippen molar-refractivity contribution in [1.82, 2.24) is 20.2 Å². The van der Waals surface area contributed by atoms with Gasteiger partial charge in [0, 0.05) is 45.0 Å². The molecule has 0 bridgehead atoms. The van der Waals surface area contributed by atoms with Crippen molar-refractivity contribution >= 4 is 11.9 Å². The minimum Gasteiger partial charge on any atom is -0.379 e. The maximum atomic E-state index is 12.3. The van der Waals surface area contributed by atoms with Crippen molar-refractivity contribution in [2.24, 2.45) is 0 Å². The van der Waals surface area contributed by atoms with Gasteiger partial charge in [-0.3, -0.25) is 9.69 Å². The van der Waals surface area contributed by atoms with Gasteiger partial charge in [-0.2, -0.15) is 0 Å². The van der Waals surface area contributed by atoms with Crippen LogP contribution in [-0.4, -0.2) is 79.4 Å². The number of carbonyl (C=O) groups excluding carboxylic acids is 1. The van der Waals surface area contributed by atoms with Crippen LogP contribution in [0.15, 0.2) is 6.07 Å². The molecule has 25 heavy (non-hydrogen) atoms. The molecule has 0 radical (unpaired) electrons. The third-order valence-corrected chi connectivity index (χ3v) is 4.42. The monoisotopic (exact) mass is 349 g/mol. The van der Waals surface area contributed by atoms with E-state index in [1.807, 2.05) is 6.92 Å². The van der Waals surface area contributed by atoms with Crippen LogP contribution in [0, 0.1) is 6.92 Å². The molecule has 0 aliphatic carbocycles. The van der Waals surface area contributed by atoms with E-state index in [0.717, 1.165) is 64.5 Å². The molecule has 0 spiro atoms. The third-order valence-electron chi connectivity index (χ3n) is 4.42. The molecule has 2 fully saturated rings. The molecule has 0 aromatic carbocycles. The standard InChI is InChI=1S/C17H27N5O3/c1-13-11-15(16(23)19-12-14-3-2-8-25-14)21-17(20-13)18-4-5-22-6-9-24-10-7-22/h11,14H,2-10,12H2,1H3,(H,19,23)(H,18,20,21). The molecule has 1 aromatic rings. The minimum atomic E-state index is -0.183. The highest BCUT2D eigenvalue weighted by atomic mass is 16.5. The number of morpholine rings is 1. The van der Waals surface area contributed by atoms with Crippen molar-refractivity contribution in [3.8, 4) is 0 Å². The smallest absolute Gasteiger partial charge is 0.270 e. The fourth-order valence-corrected chi connectivity index (χ4v) is 3.02. The van der Waals surface area contributed by atoms with E-state index < -0.39 is 0 Å². The lowest BCUT2D eigenvalue weighted by Crippen LogP contribution is -2.39. The number of nitrogens with one attached hydrogen (secondary N) is 2. The molecule has 8 heteroatoms. The highest BCUT2D eigenvalue weighted by molar-refractivity contribution is 5.92. The van der Waals surface area contributed by atoms with Crippen LogP contribution in [0.1, 0.15) is 29.0 Å². The minimum absolute atomic E-state index is 0.123. The SMILES string of the molecule is Cc1cc(C(=O)NCC2CCCO2)nc(NCCN2CCOCC2)n1. The van der Waals surface area contributed by atoms with Crippen LogP contribution in [0.3, 0.4) is 0 Å². The zero-order valence-corrected chi connectivity index (χ0v) is 14.8. The second-order valence-corrected chi connectivity index (χ2v) is 6.44. The molecule has 2 saturated heterocycles. The van der Waals surface area contributed by atoms with Gasteiger partial charge in [0.25, 0.3) is 5.91 Å². The van der Waals surface area contributed by atoms with Crippen LogP contribution in [0.4, 0.5) is 5.95 Å². The molecule has 1 atom stereocenters. The fraction of sp³-hybridized carbons (Fsp3) is 0.706. The topological polar surface area (TPSA) is 88.6 Å². The first-order valence-electron chi connectivity index (χ1n) is 9.00. The van der Waals surface area contributed by atoms with E-state index in [-0.39, 0.29) is 12.0 Å². The van der Waals surface area contributed by atoms with Gasteiger partial charge >= 0.3 is 0 Å². The van der Waals surface area contributed by atoms with Gasteiger partial charge in [0.2, 0.25) is 5.95 Å². The number of carbonyl (C=O) groups is 1. The maximum absolute atomic E-state index is 12.3. The first kappa shape index (κ1) is 18.0. The zero-order chi connectivity index (χ0) is 17.5. The summed E-state index contributed by atoms with van der Waals surface area (Å²) in [6.07, 6.45) is 2.18. The van der Waals surface area contributed by atoms with Gasteiger partial charge in [0.15, 0.2) is 0 Å². The van der Waals surface area contributed by atoms with Crippen LogP contribution in [0.25, 0.3) is 0 Å². The van der Waals surface area contributed by atoms with Crippen molar-refractivity contribution in [3.05, 3.63) is 17.5 Å². The second kappa shape index (κ2) is 9.07. The van der Waals surface area contributed by atoms with E-state index in [4.69, 9.17) is 9.47 Å². The van der Waals surface area contributed by atoms with Crippen molar-refractivity contribution < 1.29 is 14.3 Å². The van der Waals surface area contributed by atoms with Gasteiger partial charge in [0.1, 0.15) is 5.69 Å². The van der Waals surface area contributed by atoms with Gasteiger partial charge < -0.3 is 20.1 Å². The largest absolute Gasteiger partial charge is 0.379 e. The molecule has 2 N–H and O–H groups in total. The average molecular weight is 349 g/mol. The zero-order valence-electron chi connectivity index (χ0n) is 14.8. The van der Waals surface area contributed by atoms with Crippen molar-refractivity contribution in [1.29, 1.82) is 0 Å².